The summed E-state index contributed by atoms with van der Waals surface area (Å²) in [5, 5.41) is 5.69. The van der Waals surface area contributed by atoms with Crippen LogP contribution in [0.4, 0.5) is 11.4 Å². The normalized spacial score (nSPS) is 10.2. The average Bonchev–Trinajstić information content (AvgIpc) is 2.66. The van der Waals surface area contributed by atoms with Gasteiger partial charge in [-0.15, -0.1) is 0 Å². The highest BCUT2D eigenvalue weighted by Gasteiger charge is 2.09. The standard InChI is InChI=1S/C21H17IN2O2/c1-14-7-8-16(13-19(14)22)21(26)24-18-11-9-17(10-12-18)23-20(25)15-5-3-2-4-6-15/h2-13H,1H3,(H,23,25)(H,24,26). The van der Waals surface area contributed by atoms with Crippen LogP contribution in [-0.2, 0) is 0 Å². The Hall–Kier alpha value is -2.67. The number of aryl methyl sites for hydroxylation is 1. The van der Waals surface area contributed by atoms with Crippen LogP contribution >= 0.6 is 22.6 Å². The van der Waals surface area contributed by atoms with Crippen LogP contribution in [0.1, 0.15) is 26.3 Å². The average molecular weight is 456 g/mol. The molecule has 2 amide bonds. The van der Waals surface area contributed by atoms with Crippen molar-refractivity contribution in [1.29, 1.82) is 0 Å². The van der Waals surface area contributed by atoms with Gasteiger partial charge in [-0.1, -0.05) is 24.3 Å². The smallest absolute Gasteiger partial charge is 0.255 e. The zero-order valence-corrected chi connectivity index (χ0v) is 16.3. The number of anilines is 2. The molecule has 0 radical (unpaired) electrons. The van der Waals surface area contributed by atoms with Crippen molar-refractivity contribution in [2.75, 3.05) is 10.6 Å². The van der Waals surface area contributed by atoms with E-state index in [9.17, 15) is 9.59 Å². The van der Waals surface area contributed by atoms with E-state index in [1.165, 1.54) is 0 Å². The molecular formula is C21H17IN2O2. The van der Waals surface area contributed by atoms with E-state index in [0.29, 0.717) is 22.5 Å². The molecule has 26 heavy (non-hydrogen) atoms. The molecule has 0 aliphatic heterocycles. The van der Waals surface area contributed by atoms with E-state index in [1.54, 1.807) is 42.5 Å². The van der Waals surface area contributed by atoms with Crippen LogP contribution in [0.5, 0.6) is 0 Å². The van der Waals surface area contributed by atoms with Gasteiger partial charge in [-0.05, 0) is 83.6 Å². The molecular weight excluding hydrogens is 439 g/mol. The van der Waals surface area contributed by atoms with Crippen molar-refractivity contribution in [2.24, 2.45) is 0 Å². The van der Waals surface area contributed by atoms with Crippen molar-refractivity contribution in [3.05, 3.63) is 93.1 Å². The van der Waals surface area contributed by atoms with Gasteiger partial charge in [0.15, 0.2) is 0 Å². The highest BCUT2D eigenvalue weighted by Crippen LogP contribution is 2.17. The number of nitrogens with one attached hydrogen (secondary N) is 2. The number of halogens is 1. The predicted octanol–water partition coefficient (Wildman–Crippen LogP) is 5.10. The molecule has 3 aromatic rings. The molecule has 0 aliphatic rings. The van der Waals surface area contributed by atoms with Crippen LogP contribution in [0.3, 0.4) is 0 Å². The van der Waals surface area contributed by atoms with Crippen molar-refractivity contribution in [1.82, 2.24) is 0 Å². The van der Waals surface area contributed by atoms with Gasteiger partial charge in [-0.25, -0.2) is 0 Å². The molecule has 4 nitrogen and oxygen atoms in total. The van der Waals surface area contributed by atoms with Crippen LogP contribution < -0.4 is 10.6 Å². The van der Waals surface area contributed by atoms with Crippen LogP contribution in [0.2, 0.25) is 0 Å². The molecule has 0 spiro atoms. The van der Waals surface area contributed by atoms with Gasteiger partial charge in [0.25, 0.3) is 11.8 Å². The maximum absolute atomic E-state index is 12.3. The molecule has 0 fully saturated rings. The Morgan fingerprint density at radius 3 is 1.81 bits per heavy atom. The van der Waals surface area contributed by atoms with Gasteiger partial charge in [-0.3, -0.25) is 9.59 Å². The summed E-state index contributed by atoms with van der Waals surface area (Å²) >= 11 is 2.21. The number of amides is 2. The molecule has 0 unspecified atom stereocenters. The Kier molecular flexibility index (Phi) is 5.68. The second-order valence-corrected chi connectivity index (χ2v) is 6.98. The minimum Gasteiger partial charge on any atom is -0.322 e. The van der Waals surface area contributed by atoms with E-state index in [2.05, 4.69) is 33.2 Å². The van der Waals surface area contributed by atoms with E-state index < -0.39 is 0 Å². The fraction of sp³-hybridized carbons (Fsp3) is 0.0476. The van der Waals surface area contributed by atoms with Crippen molar-refractivity contribution in [3.63, 3.8) is 0 Å². The van der Waals surface area contributed by atoms with E-state index in [0.717, 1.165) is 9.13 Å². The van der Waals surface area contributed by atoms with Crippen LogP contribution in [0.25, 0.3) is 0 Å². The Bertz CT molecular complexity index is 938. The zero-order valence-electron chi connectivity index (χ0n) is 14.1. The third kappa shape index (κ3) is 4.49. The molecule has 0 saturated carbocycles. The molecule has 0 saturated heterocycles. The van der Waals surface area contributed by atoms with Crippen LogP contribution in [-0.4, -0.2) is 11.8 Å². The molecule has 3 rings (SSSR count). The number of hydrogen-bond acceptors (Lipinski definition) is 2. The SMILES string of the molecule is Cc1ccc(C(=O)Nc2ccc(NC(=O)c3ccccc3)cc2)cc1I. The van der Waals surface area contributed by atoms with Gasteiger partial charge < -0.3 is 10.6 Å². The van der Waals surface area contributed by atoms with Crippen molar-refractivity contribution >= 4 is 45.8 Å². The number of benzene rings is 3. The summed E-state index contributed by atoms with van der Waals surface area (Å²) in [7, 11) is 0. The first-order valence-corrected chi connectivity index (χ1v) is 9.15. The Morgan fingerprint density at radius 2 is 1.27 bits per heavy atom. The summed E-state index contributed by atoms with van der Waals surface area (Å²) in [6.45, 7) is 2.01. The lowest BCUT2D eigenvalue weighted by Gasteiger charge is -2.09. The number of carbonyl (C=O) groups excluding carboxylic acids is 2. The third-order valence-electron chi connectivity index (χ3n) is 3.87. The van der Waals surface area contributed by atoms with E-state index >= 15 is 0 Å². The van der Waals surface area contributed by atoms with Crippen molar-refractivity contribution in [3.8, 4) is 0 Å². The summed E-state index contributed by atoms with van der Waals surface area (Å²) in [5.41, 5.74) is 3.69. The summed E-state index contributed by atoms with van der Waals surface area (Å²) in [6.07, 6.45) is 0. The third-order valence-corrected chi connectivity index (χ3v) is 5.03. The minimum absolute atomic E-state index is 0.163. The number of rotatable bonds is 4. The zero-order chi connectivity index (χ0) is 18.5. The minimum atomic E-state index is -0.170. The molecule has 0 aliphatic carbocycles. The lowest BCUT2D eigenvalue weighted by molar-refractivity contribution is 0.101. The summed E-state index contributed by atoms with van der Waals surface area (Å²) < 4.78 is 1.05. The van der Waals surface area contributed by atoms with Gasteiger partial charge in [0.1, 0.15) is 0 Å². The maximum Gasteiger partial charge on any atom is 0.255 e. The van der Waals surface area contributed by atoms with Crippen molar-refractivity contribution < 1.29 is 9.59 Å². The van der Waals surface area contributed by atoms with Crippen LogP contribution in [0, 0.1) is 10.5 Å². The first-order chi connectivity index (χ1) is 12.5. The second kappa shape index (κ2) is 8.14. The molecule has 5 heteroatoms. The topological polar surface area (TPSA) is 58.2 Å². The molecule has 130 valence electrons. The lowest BCUT2D eigenvalue weighted by Crippen LogP contribution is -2.13. The summed E-state index contributed by atoms with van der Waals surface area (Å²) in [5.74, 6) is -0.333. The molecule has 0 bridgehead atoms. The predicted molar refractivity (Wildman–Crippen MR) is 113 cm³/mol. The van der Waals surface area contributed by atoms with Gasteiger partial charge in [0.2, 0.25) is 0 Å². The van der Waals surface area contributed by atoms with Gasteiger partial charge >= 0.3 is 0 Å². The Balaban J connectivity index is 1.65. The molecule has 0 aromatic heterocycles. The number of carbonyl (C=O) groups is 2. The first kappa shape index (κ1) is 18.1. The van der Waals surface area contributed by atoms with Gasteiger partial charge in [-0.2, -0.15) is 0 Å². The summed E-state index contributed by atoms with van der Waals surface area (Å²) in [4.78, 5) is 24.5. The fourth-order valence-corrected chi connectivity index (χ4v) is 2.88. The first-order valence-electron chi connectivity index (χ1n) is 8.07. The summed E-state index contributed by atoms with van der Waals surface area (Å²) in [6, 6.07) is 21.7. The monoisotopic (exact) mass is 456 g/mol. The van der Waals surface area contributed by atoms with E-state index in [-0.39, 0.29) is 11.8 Å². The van der Waals surface area contributed by atoms with Crippen LogP contribution in [0.15, 0.2) is 72.8 Å². The second-order valence-electron chi connectivity index (χ2n) is 5.82. The quantitative estimate of drug-likeness (QED) is 0.537. The molecule has 0 atom stereocenters. The Labute approximate surface area is 165 Å². The van der Waals surface area contributed by atoms with E-state index in [4.69, 9.17) is 0 Å². The molecule has 3 aromatic carbocycles. The lowest BCUT2D eigenvalue weighted by atomic mass is 10.1. The van der Waals surface area contributed by atoms with Crippen molar-refractivity contribution in [2.45, 2.75) is 6.92 Å². The molecule has 2 N–H and O–H groups in total. The fourth-order valence-electron chi connectivity index (χ4n) is 2.37. The largest absolute Gasteiger partial charge is 0.322 e. The number of hydrogen-bond donors (Lipinski definition) is 2. The van der Waals surface area contributed by atoms with Gasteiger partial charge in [0.05, 0.1) is 0 Å². The molecule has 0 heterocycles. The highest BCUT2D eigenvalue weighted by molar-refractivity contribution is 14.1. The maximum atomic E-state index is 12.3. The Morgan fingerprint density at radius 1 is 0.731 bits per heavy atom. The highest BCUT2D eigenvalue weighted by atomic mass is 127. The van der Waals surface area contributed by atoms with Gasteiger partial charge in [0, 0.05) is 26.1 Å². The van der Waals surface area contributed by atoms with E-state index in [1.807, 2.05) is 37.3 Å².